The molecule has 1 aromatic rings. The van der Waals surface area contributed by atoms with Crippen LogP contribution in [0.5, 0.6) is 0 Å². The highest BCUT2D eigenvalue weighted by molar-refractivity contribution is 5.83. The van der Waals surface area contributed by atoms with Gasteiger partial charge >= 0.3 is 5.97 Å². The third kappa shape index (κ3) is 7.45. The van der Waals surface area contributed by atoms with E-state index in [1.165, 1.54) is 6.08 Å². The Hall–Kier alpha value is -2.17. The van der Waals surface area contributed by atoms with Crippen molar-refractivity contribution in [3.05, 3.63) is 66.3 Å². The van der Waals surface area contributed by atoms with Crippen LogP contribution in [0.25, 0.3) is 6.08 Å². The molecule has 4 heteroatoms. The zero-order valence-electron chi connectivity index (χ0n) is 16.8. The van der Waals surface area contributed by atoms with E-state index in [9.17, 15) is 15.0 Å². The molecular weight excluding hydrogens is 352 g/mol. The molecule has 0 radical (unpaired) electrons. The molecule has 3 unspecified atom stereocenters. The lowest BCUT2D eigenvalue weighted by Crippen LogP contribution is -2.34. The van der Waals surface area contributed by atoms with Crippen LogP contribution in [0.4, 0.5) is 0 Å². The van der Waals surface area contributed by atoms with E-state index < -0.39 is 12.2 Å². The second-order valence-corrected chi connectivity index (χ2v) is 7.50. The van der Waals surface area contributed by atoms with E-state index in [2.05, 4.69) is 13.8 Å². The topological polar surface area (TPSA) is 66.8 Å². The molecule has 1 aromatic carbocycles. The first-order valence-electron chi connectivity index (χ1n) is 10.1. The highest BCUT2D eigenvalue weighted by atomic mass is 16.5. The number of aliphatic hydroxyl groups excluding tert-OH is 2. The molecule has 0 spiro atoms. The van der Waals surface area contributed by atoms with Gasteiger partial charge in [0.05, 0.1) is 12.2 Å². The normalized spacial score (nSPS) is 23.1. The smallest absolute Gasteiger partial charge is 0.330 e. The summed E-state index contributed by atoms with van der Waals surface area (Å²) >= 11 is 0. The Kier molecular flexibility index (Phi) is 9.18. The first-order chi connectivity index (χ1) is 13.5. The largest absolute Gasteiger partial charge is 0.458 e. The van der Waals surface area contributed by atoms with Gasteiger partial charge < -0.3 is 14.9 Å². The van der Waals surface area contributed by atoms with Crippen LogP contribution in [-0.4, -0.2) is 34.5 Å². The maximum Gasteiger partial charge on any atom is 0.330 e. The Bertz CT molecular complexity index is 677. The van der Waals surface area contributed by atoms with Crippen molar-refractivity contribution in [1.82, 2.24) is 0 Å². The average Bonchev–Trinajstić information content (AvgIpc) is 2.70. The summed E-state index contributed by atoms with van der Waals surface area (Å²) in [4.78, 5) is 11.5. The summed E-state index contributed by atoms with van der Waals surface area (Å²) in [5, 5.41) is 20.3. The van der Waals surface area contributed by atoms with Crippen LogP contribution in [0, 0.1) is 11.8 Å². The van der Waals surface area contributed by atoms with Gasteiger partial charge in [-0.3, -0.25) is 0 Å². The van der Waals surface area contributed by atoms with Crippen LogP contribution in [0.15, 0.2) is 60.7 Å². The fourth-order valence-electron chi connectivity index (χ4n) is 3.50. The van der Waals surface area contributed by atoms with Gasteiger partial charge in [-0.2, -0.15) is 0 Å². The molecule has 5 atom stereocenters. The number of carbonyl (C=O) groups is 1. The van der Waals surface area contributed by atoms with Crippen molar-refractivity contribution in [3.63, 3.8) is 0 Å². The van der Waals surface area contributed by atoms with Crippen molar-refractivity contribution in [3.8, 4) is 0 Å². The molecule has 4 nitrogen and oxygen atoms in total. The lowest BCUT2D eigenvalue weighted by Gasteiger charge is -2.32. The number of hydrogen-bond donors (Lipinski definition) is 2. The van der Waals surface area contributed by atoms with E-state index in [4.69, 9.17) is 4.74 Å². The van der Waals surface area contributed by atoms with Gasteiger partial charge in [-0.05, 0) is 30.7 Å². The van der Waals surface area contributed by atoms with Crippen molar-refractivity contribution < 1.29 is 19.7 Å². The number of aliphatic hydroxyl groups is 2. The molecule has 0 fully saturated rings. The molecule has 1 aliphatic heterocycles. The molecule has 1 aliphatic rings. The van der Waals surface area contributed by atoms with Gasteiger partial charge in [-0.15, -0.1) is 0 Å². The zero-order chi connectivity index (χ0) is 20.4. The van der Waals surface area contributed by atoms with E-state index in [1.54, 1.807) is 12.2 Å². The summed E-state index contributed by atoms with van der Waals surface area (Å²) in [6.07, 6.45) is 11.9. The van der Waals surface area contributed by atoms with Crippen LogP contribution < -0.4 is 0 Å². The Morgan fingerprint density at radius 3 is 2.61 bits per heavy atom. The number of allylic oxidation sites excluding steroid dienone is 2. The third-order valence-corrected chi connectivity index (χ3v) is 5.19. The standard InChI is InChI=1S/C24H32O4/c1-3-20-14-16-23(27)28-24(20)18(2)13-15-22(26)17-21(25)12-8-7-11-19-9-5-4-6-10-19/h4-12,14,16,18,20-22,24-26H,3,13,15,17H2,1-2H3/b11-7+,12-8+/t18-,20?,21?,22-,24?/m1/s1. The minimum atomic E-state index is -0.690. The van der Waals surface area contributed by atoms with Gasteiger partial charge in [-0.1, -0.05) is 74.6 Å². The predicted octanol–water partition coefficient (Wildman–Crippen LogP) is 4.29. The second-order valence-electron chi connectivity index (χ2n) is 7.50. The maximum absolute atomic E-state index is 11.5. The lowest BCUT2D eigenvalue weighted by atomic mass is 9.85. The summed E-state index contributed by atoms with van der Waals surface area (Å²) in [6, 6.07) is 9.94. The minimum absolute atomic E-state index is 0.136. The average molecular weight is 385 g/mol. The molecule has 0 bridgehead atoms. The number of rotatable bonds is 10. The van der Waals surface area contributed by atoms with E-state index in [0.717, 1.165) is 18.4 Å². The van der Waals surface area contributed by atoms with Gasteiger partial charge in [0, 0.05) is 18.4 Å². The predicted molar refractivity (Wildman–Crippen MR) is 112 cm³/mol. The van der Waals surface area contributed by atoms with Crippen LogP contribution in [0.3, 0.4) is 0 Å². The third-order valence-electron chi connectivity index (χ3n) is 5.19. The lowest BCUT2D eigenvalue weighted by molar-refractivity contribution is -0.150. The zero-order valence-corrected chi connectivity index (χ0v) is 16.8. The summed E-state index contributed by atoms with van der Waals surface area (Å²) in [5.41, 5.74) is 1.10. The Morgan fingerprint density at radius 2 is 1.89 bits per heavy atom. The van der Waals surface area contributed by atoms with Crippen LogP contribution in [0.1, 0.15) is 45.1 Å². The molecule has 0 aromatic heterocycles. The Balaban J connectivity index is 1.73. The molecule has 0 aliphatic carbocycles. The molecular formula is C24H32O4. The van der Waals surface area contributed by atoms with Crippen LogP contribution >= 0.6 is 0 Å². The van der Waals surface area contributed by atoms with Crippen LogP contribution in [-0.2, 0) is 9.53 Å². The van der Waals surface area contributed by atoms with Crippen molar-refractivity contribution in [1.29, 1.82) is 0 Å². The summed E-state index contributed by atoms with van der Waals surface area (Å²) in [5.74, 6) is 0.107. The molecule has 152 valence electrons. The maximum atomic E-state index is 11.5. The number of carbonyl (C=O) groups excluding carboxylic acids is 1. The van der Waals surface area contributed by atoms with Crippen molar-refractivity contribution >= 4 is 12.0 Å². The molecule has 2 rings (SSSR count). The number of ether oxygens (including phenoxy) is 1. The molecule has 28 heavy (non-hydrogen) atoms. The second kappa shape index (κ2) is 11.6. The highest BCUT2D eigenvalue weighted by Gasteiger charge is 2.30. The summed E-state index contributed by atoms with van der Waals surface area (Å²) in [6.45, 7) is 4.13. The fraction of sp³-hybridized carbons (Fsp3) is 0.458. The summed E-state index contributed by atoms with van der Waals surface area (Å²) < 4.78 is 5.49. The Labute approximate surface area is 168 Å². The molecule has 0 saturated carbocycles. The number of esters is 1. The van der Waals surface area contributed by atoms with E-state index in [1.807, 2.05) is 48.6 Å². The van der Waals surface area contributed by atoms with Gasteiger partial charge in [0.1, 0.15) is 6.10 Å². The van der Waals surface area contributed by atoms with Gasteiger partial charge in [0.25, 0.3) is 0 Å². The molecule has 0 amide bonds. The van der Waals surface area contributed by atoms with Crippen molar-refractivity contribution in [2.75, 3.05) is 0 Å². The minimum Gasteiger partial charge on any atom is -0.458 e. The fourth-order valence-corrected chi connectivity index (χ4v) is 3.50. The number of benzene rings is 1. The van der Waals surface area contributed by atoms with E-state index >= 15 is 0 Å². The van der Waals surface area contributed by atoms with Crippen LogP contribution in [0.2, 0.25) is 0 Å². The van der Waals surface area contributed by atoms with Gasteiger partial charge in [-0.25, -0.2) is 4.79 Å². The monoisotopic (exact) mass is 384 g/mol. The van der Waals surface area contributed by atoms with Gasteiger partial charge in [0.15, 0.2) is 0 Å². The van der Waals surface area contributed by atoms with Crippen molar-refractivity contribution in [2.24, 2.45) is 11.8 Å². The highest BCUT2D eigenvalue weighted by Crippen LogP contribution is 2.28. The molecule has 1 heterocycles. The quantitative estimate of drug-likeness (QED) is 0.466. The van der Waals surface area contributed by atoms with Crippen molar-refractivity contribution in [2.45, 2.75) is 57.8 Å². The van der Waals surface area contributed by atoms with E-state index in [0.29, 0.717) is 12.8 Å². The SMILES string of the molecule is CCC1C=CC(=O)OC1[C@H](C)CC[C@@H](O)CC(O)/C=C/C=C/c1ccccc1. The number of hydrogen-bond acceptors (Lipinski definition) is 4. The first-order valence-corrected chi connectivity index (χ1v) is 10.1. The Morgan fingerprint density at radius 1 is 1.14 bits per heavy atom. The van der Waals surface area contributed by atoms with Gasteiger partial charge in [0.2, 0.25) is 0 Å². The number of cyclic esters (lactones) is 1. The van der Waals surface area contributed by atoms with E-state index in [-0.39, 0.29) is 23.9 Å². The molecule has 2 N–H and O–H groups in total. The first kappa shape index (κ1) is 22.1. The summed E-state index contributed by atoms with van der Waals surface area (Å²) in [7, 11) is 0. The molecule has 0 saturated heterocycles.